The van der Waals surface area contributed by atoms with Gasteiger partial charge in [-0.3, -0.25) is 4.98 Å². The number of carboxylic acid groups (broad SMARTS) is 1. The summed E-state index contributed by atoms with van der Waals surface area (Å²) in [6, 6.07) is 8.21. The van der Waals surface area contributed by atoms with Crippen molar-refractivity contribution in [3.63, 3.8) is 0 Å². The third kappa shape index (κ3) is 2.87. The molecule has 0 atom stereocenters. The zero-order valence-corrected chi connectivity index (χ0v) is 13.3. The molecule has 24 heavy (non-hydrogen) atoms. The highest BCUT2D eigenvalue weighted by atomic mass is 32.1. The Bertz CT molecular complexity index is 992. The molecule has 2 heterocycles. The number of thiazole rings is 1. The Balaban J connectivity index is 2.06. The van der Waals surface area contributed by atoms with Crippen LogP contribution in [0.4, 0.5) is 4.39 Å². The molecule has 0 unspecified atom stereocenters. The molecule has 5 nitrogen and oxygen atoms in total. The number of halogens is 1. The van der Waals surface area contributed by atoms with Crippen LogP contribution >= 0.6 is 11.3 Å². The monoisotopic (exact) mass is 339 g/mol. The van der Waals surface area contributed by atoms with Crippen LogP contribution in [-0.2, 0) is 0 Å². The lowest BCUT2D eigenvalue weighted by Gasteiger charge is -2.06. The van der Waals surface area contributed by atoms with Gasteiger partial charge < -0.3 is 5.11 Å². The second-order valence-electron chi connectivity index (χ2n) is 5.03. The van der Waals surface area contributed by atoms with Gasteiger partial charge in [0.2, 0.25) is 0 Å². The Hall–Kier alpha value is -3.11. The van der Waals surface area contributed by atoms with E-state index in [0.717, 1.165) is 11.3 Å². The molecule has 7 heteroatoms. The average molecular weight is 339 g/mol. The van der Waals surface area contributed by atoms with Crippen molar-refractivity contribution in [1.29, 1.82) is 5.26 Å². The van der Waals surface area contributed by atoms with Crippen LogP contribution in [0, 0.1) is 24.1 Å². The summed E-state index contributed by atoms with van der Waals surface area (Å²) in [4.78, 5) is 19.4. The summed E-state index contributed by atoms with van der Waals surface area (Å²) >= 11 is 1.01. The normalized spacial score (nSPS) is 10.4. The van der Waals surface area contributed by atoms with E-state index in [-0.39, 0.29) is 10.7 Å². The number of nitriles is 1. The highest BCUT2D eigenvalue weighted by molar-refractivity contribution is 7.16. The highest BCUT2D eigenvalue weighted by Crippen LogP contribution is 2.29. The molecule has 3 rings (SSSR count). The minimum atomic E-state index is -1.05. The molecule has 0 bridgehead atoms. The predicted molar refractivity (Wildman–Crippen MR) is 87.2 cm³/mol. The number of pyridine rings is 1. The molecule has 3 aromatic rings. The molecule has 1 N–H and O–H groups in total. The van der Waals surface area contributed by atoms with Crippen molar-refractivity contribution in [1.82, 2.24) is 9.97 Å². The van der Waals surface area contributed by atoms with Gasteiger partial charge in [0, 0.05) is 17.3 Å². The number of carbonyl (C=O) groups is 1. The number of aromatic nitrogens is 2. The van der Waals surface area contributed by atoms with Crippen molar-refractivity contribution >= 4 is 17.3 Å². The van der Waals surface area contributed by atoms with Gasteiger partial charge >= 0.3 is 5.97 Å². The second-order valence-corrected chi connectivity index (χ2v) is 6.06. The molecule has 0 aliphatic rings. The summed E-state index contributed by atoms with van der Waals surface area (Å²) in [6.07, 6.45) is 2.80. The van der Waals surface area contributed by atoms with E-state index in [4.69, 9.17) is 5.11 Å². The maximum absolute atomic E-state index is 13.4. The van der Waals surface area contributed by atoms with Gasteiger partial charge in [-0.25, -0.2) is 14.2 Å². The maximum Gasteiger partial charge on any atom is 0.347 e. The van der Waals surface area contributed by atoms with Crippen LogP contribution in [0.3, 0.4) is 0 Å². The van der Waals surface area contributed by atoms with Crippen LogP contribution in [0.25, 0.3) is 21.8 Å². The molecule has 0 saturated heterocycles. The van der Waals surface area contributed by atoms with Gasteiger partial charge in [-0.2, -0.15) is 5.26 Å². The fourth-order valence-corrected chi connectivity index (χ4v) is 2.93. The van der Waals surface area contributed by atoms with Gasteiger partial charge in [0.1, 0.15) is 21.8 Å². The standard InChI is InChI=1S/C17H10FN3O2S/c1-9-4-10(2-3-13(9)18)15-11(6-19)5-12(7-20-15)16-21-8-14(24-16)17(22)23/h2-5,7-8H,1H3,(H,22,23). The summed E-state index contributed by atoms with van der Waals surface area (Å²) in [6.45, 7) is 1.64. The number of rotatable bonds is 3. The smallest absolute Gasteiger partial charge is 0.347 e. The van der Waals surface area contributed by atoms with Gasteiger partial charge in [-0.1, -0.05) is 0 Å². The van der Waals surface area contributed by atoms with Crippen LogP contribution in [0.2, 0.25) is 0 Å². The first kappa shape index (κ1) is 15.8. The summed E-state index contributed by atoms with van der Waals surface area (Å²) in [5, 5.41) is 18.8. The van der Waals surface area contributed by atoms with Gasteiger partial charge in [0.25, 0.3) is 0 Å². The van der Waals surface area contributed by atoms with Crippen LogP contribution < -0.4 is 0 Å². The van der Waals surface area contributed by atoms with Crippen LogP contribution in [0.15, 0.2) is 36.7 Å². The van der Waals surface area contributed by atoms with Crippen LogP contribution in [0.5, 0.6) is 0 Å². The quantitative estimate of drug-likeness (QED) is 0.782. The van der Waals surface area contributed by atoms with Gasteiger partial charge in [-0.15, -0.1) is 11.3 Å². The Kier molecular flexibility index (Phi) is 4.06. The van der Waals surface area contributed by atoms with E-state index in [9.17, 15) is 14.4 Å². The molecule has 0 aliphatic heterocycles. The lowest BCUT2D eigenvalue weighted by atomic mass is 10.0. The van der Waals surface area contributed by atoms with Crippen molar-refractivity contribution < 1.29 is 14.3 Å². The molecule has 0 amide bonds. The van der Waals surface area contributed by atoms with Crippen LogP contribution in [-0.4, -0.2) is 21.0 Å². The number of nitrogens with zero attached hydrogens (tertiary/aromatic N) is 3. The second kappa shape index (κ2) is 6.18. The van der Waals surface area contributed by atoms with Crippen molar-refractivity contribution in [3.8, 4) is 27.9 Å². The molecular weight excluding hydrogens is 329 g/mol. The molecule has 1 aromatic carbocycles. The van der Waals surface area contributed by atoms with E-state index in [1.54, 1.807) is 25.1 Å². The number of benzene rings is 1. The fraction of sp³-hybridized carbons (Fsp3) is 0.0588. The zero-order chi connectivity index (χ0) is 17.3. The Morgan fingerprint density at radius 1 is 1.25 bits per heavy atom. The van der Waals surface area contributed by atoms with E-state index in [2.05, 4.69) is 16.0 Å². The summed E-state index contributed by atoms with van der Waals surface area (Å²) in [7, 11) is 0. The SMILES string of the molecule is Cc1cc(-c2ncc(-c3ncc(C(=O)O)s3)cc2C#N)ccc1F. The Morgan fingerprint density at radius 3 is 2.67 bits per heavy atom. The summed E-state index contributed by atoms with van der Waals surface area (Å²) in [5.74, 6) is -1.37. The summed E-state index contributed by atoms with van der Waals surface area (Å²) < 4.78 is 13.4. The zero-order valence-electron chi connectivity index (χ0n) is 12.4. The fourth-order valence-electron chi connectivity index (χ4n) is 2.20. The number of hydrogen-bond donors (Lipinski definition) is 1. The predicted octanol–water partition coefficient (Wildman–Crippen LogP) is 3.89. The third-order valence-corrected chi connectivity index (χ3v) is 4.44. The first-order chi connectivity index (χ1) is 11.5. The third-order valence-electron chi connectivity index (χ3n) is 3.40. The highest BCUT2D eigenvalue weighted by Gasteiger charge is 2.14. The summed E-state index contributed by atoms with van der Waals surface area (Å²) in [5.41, 5.74) is 2.42. The Morgan fingerprint density at radius 2 is 2.04 bits per heavy atom. The van der Waals surface area contributed by atoms with Crippen molar-refractivity contribution in [2.75, 3.05) is 0 Å². The number of carboxylic acids is 1. The lowest BCUT2D eigenvalue weighted by Crippen LogP contribution is -1.92. The van der Waals surface area contributed by atoms with E-state index in [1.165, 1.54) is 18.5 Å². The molecule has 0 spiro atoms. The largest absolute Gasteiger partial charge is 0.477 e. The van der Waals surface area contributed by atoms with Gasteiger partial charge in [0.05, 0.1) is 17.5 Å². The maximum atomic E-state index is 13.4. The van der Waals surface area contributed by atoms with Crippen molar-refractivity contribution in [3.05, 3.63) is 58.5 Å². The molecule has 0 radical (unpaired) electrons. The number of aryl methyl sites for hydroxylation is 1. The molecular formula is C17H10FN3O2S. The first-order valence-corrected chi connectivity index (χ1v) is 7.67. The average Bonchev–Trinajstić information content (AvgIpc) is 3.07. The van der Waals surface area contributed by atoms with Crippen molar-refractivity contribution in [2.24, 2.45) is 0 Å². The van der Waals surface area contributed by atoms with Gasteiger partial charge in [0.15, 0.2) is 0 Å². The molecule has 2 aromatic heterocycles. The molecule has 0 saturated carbocycles. The minimum absolute atomic E-state index is 0.113. The van der Waals surface area contributed by atoms with E-state index >= 15 is 0 Å². The topological polar surface area (TPSA) is 86.9 Å². The van der Waals surface area contributed by atoms with Crippen molar-refractivity contribution in [2.45, 2.75) is 6.92 Å². The van der Waals surface area contributed by atoms with E-state index in [0.29, 0.717) is 33.0 Å². The molecule has 0 fully saturated rings. The minimum Gasteiger partial charge on any atom is -0.477 e. The van der Waals surface area contributed by atoms with Gasteiger partial charge in [-0.05, 0) is 36.8 Å². The first-order valence-electron chi connectivity index (χ1n) is 6.85. The van der Waals surface area contributed by atoms with E-state index < -0.39 is 5.97 Å². The van der Waals surface area contributed by atoms with Crippen LogP contribution in [0.1, 0.15) is 20.8 Å². The molecule has 0 aliphatic carbocycles. The Labute approximate surface area is 140 Å². The number of aromatic carboxylic acids is 1. The lowest BCUT2D eigenvalue weighted by molar-refractivity contribution is 0.0702. The number of hydrogen-bond acceptors (Lipinski definition) is 5. The van der Waals surface area contributed by atoms with E-state index in [1.807, 2.05) is 0 Å². The molecule has 118 valence electrons.